The van der Waals surface area contributed by atoms with Crippen molar-refractivity contribution in [2.75, 3.05) is 39.5 Å². The number of ether oxygens (including phenoxy) is 1. The van der Waals surface area contributed by atoms with E-state index in [1.54, 1.807) is 0 Å². The molecule has 1 saturated heterocycles. The van der Waals surface area contributed by atoms with Crippen molar-refractivity contribution in [3.63, 3.8) is 0 Å². The fourth-order valence-electron chi connectivity index (χ4n) is 2.72. The first-order valence-corrected chi connectivity index (χ1v) is 6.97. The summed E-state index contributed by atoms with van der Waals surface area (Å²) in [6, 6.07) is 0.359. The Morgan fingerprint density at radius 2 is 2.11 bits per heavy atom. The molecule has 2 rings (SSSR count). The normalized spacial score (nSPS) is 22.9. The molecular weight excluding hydrogens is 232 g/mol. The van der Waals surface area contributed by atoms with Crippen LogP contribution in [0.5, 0.6) is 0 Å². The Kier molecular flexibility index (Phi) is 4.97. The molecule has 1 saturated carbocycles. The van der Waals surface area contributed by atoms with E-state index in [0.29, 0.717) is 38.9 Å². The van der Waals surface area contributed by atoms with E-state index in [1.807, 2.05) is 11.8 Å². The van der Waals surface area contributed by atoms with Crippen LogP contribution in [0.1, 0.15) is 26.2 Å². The maximum atomic E-state index is 12.4. The number of nitrogens with zero attached hydrogens (tertiary/aromatic N) is 2. The predicted molar refractivity (Wildman–Crippen MR) is 68.3 cm³/mol. The number of morpholine rings is 1. The fraction of sp³-hybridized carbons (Fsp3) is 0.923. The fourth-order valence-corrected chi connectivity index (χ4v) is 2.72. The summed E-state index contributed by atoms with van der Waals surface area (Å²) in [7, 11) is 0. The number of aliphatic hydroxyl groups is 1. The zero-order valence-corrected chi connectivity index (χ0v) is 11.2. The molecule has 0 radical (unpaired) electrons. The van der Waals surface area contributed by atoms with Gasteiger partial charge in [0.15, 0.2) is 0 Å². The van der Waals surface area contributed by atoms with Crippen LogP contribution in [0.15, 0.2) is 0 Å². The highest BCUT2D eigenvalue weighted by atomic mass is 16.5. The van der Waals surface area contributed by atoms with Crippen molar-refractivity contribution in [1.82, 2.24) is 9.80 Å². The maximum Gasteiger partial charge on any atom is 0.239 e. The number of amides is 1. The summed E-state index contributed by atoms with van der Waals surface area (Å²) >= 11 is 0. The van der Waals surface area contributed by atoms with Crippen LogP contribution in [-0.2, 0) is 9.53 Å². The molecule has 0 spiro atoms. The zero-order valence-electron chi connectivity index (χ0n) is 11.2. The summed E-state index contributed by atoms with van der Waals surface area (Å²) in [5.74, 6) is 0.179. The van der Waals surface area contributed by atoms with Crippen LogP contribution in [0.2, 0.25) is 0 Å². The Bertz CT molecular complexity index is 275. The highest BCUT2D eigenvalue weighted by Crippen LogP contribution is 2.26. The van der Waals surface area contributed by atoms with Gasteiger partial charge in [-0.15, -0.1) is 0 Å². The standard InChI is InChI=1S/C13H24N2O3/c1-11(13(17)14-6-9-18-10-7-14)15(5-8-16)12-3-2-4-12/h11-12,16H,2-10H2,1H3. The van der Waals surface area contributed by atoms with Gasteiger partial charge in [0.1, 0.15) is 0 Å². The second-order valence-electron chi connectivity index (χ2n) is 5.16. The molecule has 2 aliphatic rings. The number of carbonyl (C=O) groups excluding carboxylic acids is 1. The second-order valence-corrected chi connectivity index (χ2v) is 5.16. The van der Waals surface area contributed by atoms with Crippen LogP contribution < -0.4 is 0 Å². The van der Waals surface area contributed by atoms with Gasteiger partial charge in [0, 0.05) is 25.7 Å². The predicted octanol–water partition coefficient (Wildman–Crippen LogP) is 0.0805. The third kappa shape index (κ3) is 3.02. The topological polar surface area (TPSA) is 53.0 Å². The van der Waals surface area contributed by atoms with Crippen molar-refractivity contribution in [1.29, 1.82) is 0 Å². The van der Waals surface area contributed by atoms with Gasteiger partial charge >= 0.3 is 0 Å². The third-order valence-electron chi connectivity index (χ3n) is 4.08. The van der Waals surface area contributed by atoms with E-state index in [-0.39, 0.29) is 18.6 Å². The van der Waals surface area contributed by atoms with Crippen molar-refractivity contribution in [3.8, 4) is 0 Å². The number of aliphatic hydroxyl groups excluding tert-OH is 1. The van der Waals surface area contributed by atoms with Gasteiger partial charge in [-0.1, -0.05) is 6.42 Å². The number of carbonyl (C=O) groups is 1. The number of hydrogen-bond donors (Lipinski definition) is 1. The third-order valence-corrected chi connectivity index (χ3v) is 4.08. The summed E-state index contributed by atoms with van der Waals surface area (Å²) in [6.45, 7) is 5.36. The Morgan fingerprint density at radius 3 is 2.61 bits per heavy atom. The molecule has 0 aromatic carbocycles. The van der Waals surface area contributed by atoms with Crippen molar-refractivity contribution < 1.29 is 14.6 Å². The average molecular weight is 256 g/mol. The Hall–Kier alpha value is -0.650. The summed E-state index contributed by atoms with van der Waals surface area (Å²) in [5.41, 5.74) is 0. The van der Waals surface area contributed by atoms with Crippen LogP contribution in [0.3, 0.4) is 0 Å². The summed E-state index contributed by atoms with van der Waals surface area (Å²) in [5, 5.41) is 9.16. The molecule has 5 nitrogen and oxygen atoms in total. The SMILES string of the molecule is CC(C(=O)N1CCOCC1)N(CCO)C1CCC1. The minimum absolute atomic E-state index is 0.122. The van der Waals surface area contributed by atoms with Crippen molar-refractivity contribution >= 4 is 5.91 Å². The first-order valence-electron chi connectivity index (χ1n) is 6.97. The second kappa shape index (κ2) is 6.50. The molecule has 1 heterocycles. The summed E-state index contributed by atoms with van der Waals surface area (Å²) in [4.78, 5) is 16.5. The van der Waals surface area contributed by atoms with Gasteiger partial charge in [0.25, 0.3) is 0 Å². The summed E-state index contributed by atoms with van der Waals surface area (Å²) in [6.07, 6.45) is 3.55. The Labute approximate surface area is 109 Å². The van der Waals surface area contributed by atoms with E-state index < -0.39 is 0 Å². The van der Waals surface area contributed by atoms with Crippen LogP contribution in [-0.4, -0.2) is 72.4 Å². The maximum absolute atomic E-state index is 12.4. The smallest absolute Gasteiger partial charge is 0.239 e. The molecule has 1 amide bonds. The molecule has 1 atom stereocenters. The first kappa shape index (κ1) is 13.8. The Morgan fingerprint density at radius 1 is 1.44 bits per heavy atom. The average Bonchev–Trinajstić information content (AvgIpc) is 2.35. The molecule has 18 heavy (non-hydrogen) atoms. The lowest BCUT2D eigenvalue weighted by molar-refractivity contribution is -0.142. The van der Waals surface area contributed by atoms with Gasteiger partial charge in [-0.25, -0.2) is 0 Å². The highest BCUT2D eigenvalue weighted by molar-refractivity contribution is 5.81. The van der Waals surface area contributed by atoms with Gasteiger partial charge in [-0.05, 0) is 19.8 Å². The number of rotatable bonds is 5. The quantitative estimate of drug-likeness (QED) is 0.757. The lowest BCUT2D eigenvalue weighted by Gasteiger charge is -2.42. The van der Waals surface area contributed by atoms with E-state index in [2.05, 4.69) is 4.90 Å². The minimum Gasteiger partial charge on any atom is -0.395 e. The summed E-state index contributed by atoms with van der Waals surface area (Å²) < 4.78 is 5.27. The van der Waals surface area contributed by atoms with Gasteiger partial charge in [0.2, 0.25) is 5.91 Å². The van der Waals surface area contributed by atoms with Crippen LogP contribution in [0, 0.1) is 0 Å². The molecule has 1 aliphatic carbocycles. The van der Waals surface area contributed by atoms with Gasteiger partial charge in [-0.3, -0.25) is 9.69 Å². The molecule has 0 aromatic heterocycles. The molecule has 104 valence electrons. The molecule has 1 unspecified atom stereocenters. The van der Waals surface area contributed by atoms with E-state index in [9.17, 15) is 4.79 Å². The lowest BCUT2D eigenvalue weighted by atomic mass is 9.90. The van der Waals surface area contributed by atoms with Crippen molar-refractivity contribution in [2.24, 2.45) is 0 Å². The van der Waals surface area contributed by atoms with Crippen LogP contribution >= 0.6 is 0 Å². The number of hydrogen-bond acceptors (Lipinski definition) is 4. The highest BCUT2D eigenvalue weighted by Gasteiger charge is 2.33. The van der Waals surface area contributed by atoms with Crippen molar-refractivity contribution in [3.05, 3.63) is 0 Å². The Balaban J connectivity index is 1.93. The first-order chi connectivity index (χ1) is 8.74. The molecule has 5 heteroatoms. The van der Waals surface area contributed by atoms with Crippen LogP contribution in [0.4, 0.5) is 0 Å². The van der Waals surface area contributed by atoms with E-state index in [4.69, 9.17) is 9.84 Å². The van der Waals surface area contributed by atoms with E-state index in [1.165, 1.54) is 6.42 Å². The largest absolute Gasteiger partial charge is 0.395 e. The molecule has 1 N–H and O–H groups in total. The van der Waals surface area contributed by atoms with Crippen molar-refractivity contribution in [2.45, 2.75) is 38.3 Å². The molecule has 0 aromatic rings. The van der Waals surface area contributed by atoms with Gasteiger partial charge in [0.05, 0.1) is 25.9 Å². The van der Waals surface area contributed by atoms with E-state index >= 15 is 0 Å². The minimum atomic E-state index is -0.124. The molecule has 1 aliphatic heterocycles. The van der Waals surface area contributed by atoms with Crippen LogP contribution in [0.25, 0.3) is 0 Å². The molecule has 0 bridgehead atoms. The molecular formula is C13H24N2O3. The van der Waals surface area contributed by atoms with Gasteiger partial charge < -0.3 is 14.7 Å². The lowest BCUT2D eigenvalue weighted by Crippen LogP contribution is -2.55. The van der Waals surface area contributed by atoms with E-state index in [0.717, 1.165) is 12.8 Å². The molecule has 2 fully saturated rings. The van der Waals surface area contributed by atoms with Gasteiger partial charge in [-0.2, -0.15) is 0 Å². The monoisotopic (exact) mass is 256 g/mol. The zero-order chi connectivity index (χ0) is 13.0.